The van der Waals surface area contributed by atoms with Crippen molar-refractivity contribution in [2.75, 3.05) is 19.5 Å². The SMILES string of the molecule is CNc1ccc([N+](=O)[O-])c(S(=O)(=O)NC2CC(OC)C2)c1. The molecule has 9 heteroatoms. The molecule has 1 saturated carbocycles. The molecule has 0 saturated heterocycles. The molecule has 2 N–H and O–H groups in total. The molecule has 1 fully saturated rings. The third kappa shape index (κ3) is 3.31. The van der Waals surface area contributed by atoms with E-state index >= 15 is 0 Å². The van der Waals surface area contributed by atoms with Gasteiger partial charge in [-0.15, -0.1) is 0 Å². The van der Waals surface area contributed by atoms with Crippen molar-refractivity contribution in [3.05, 3.63) is 28.3 Å². The van der Waals surface area contributed by atoms with Crippen LogP contribution in [0.2, 0.25) is 0 Å². The molecular weight excluding hydrogens is 298 g/mol. The van der Waals surface area contributed by atoms with E-state index in [-0.39, 0.29) is 17.0 Å². The Balaban J connectivity index is 2.28. The number of ether oxygens (including phenoxy) is 1. The summed E-state index contributed by atoms with van der Waals surface area (Å²) in [6, 6.07) is 3.64. The van der Waals surface area contributed by atoms with E-state index in [1.807, 2.05) is 0 Å². The maximum Gasteiger partial charge on any atom is 0.289 e. The minimum absolute atomic E-state index is 0.0383. The van der Waals surface area contributed by atoms with Gasteiger partial charge < -0.3 is 10.1 Å². The minimum atomic E-state index is -3.95. The Labute approximate surface area is 122 Å². The summed E-state index contributed by atoms with van der Waals surface area (Å²) in [6.07, 6.45) is 1.17. The van der Waals surface area contributed by atoms with Crippen LogP contribution in [0, 0.1) is 10.1 Å². The van der Waals surface area contributed by atoms with Crippen LogP contribution in [-0.2, 0) is 14.8 Å². The highest BCUT2D eigenvalue weighted by atomic mass is 32.2. The summed E-state index contributed by atoms with van der Waals surface area (Å²) < 4.78 is 32.2. The van der Waals surface area contributed by atoms with E-state index in [1.165, 1.54) is 18.2 Å². The van der Waals surface area contributed by atoms with E-state index in [0.717, 1.165) is 0 Å². The zero-order chi connectivity index (χ0) is 15.6. The Morgan fingerprint density at radius 2 is 2.05 bits per heavy atom. The first kappa shape index (κ1) is 15.7. The Morgan fingerprint density at radius 3 is 2.57 bits per heavy atom. The lowest BCUT2D eigenvalue weighted by Gasteiger charge is -2.34. The van der Waals surface area contributed by atoms with Crippen molar-refractivity contribution in [1.82, 2.24) is 4.72 Å². The summed E-state index contributed by atoms with van der Waals surface area (Å²) in [4.78, 5) is 9.97. The maximum absolute atomic E-state index is 12.3. The third-order valence-electron chi connectivity index (χ3n) is 3.48. The minimum Gasteiger partial charge on any atom is -0.388 e. The molecule has 0 bridgehead atoms. The van der Waals surface area contributed by atoms with Crippen LogP contribution < -0.4 is 10.0 Å². The van der Waals surface area contributed by atoms with E-state index in [4.69, 9.17) is 4.74 Å². The van der Waals surface area contributed by atoms with Crippen molar-refractivity contribution in [1.29, 1.82) is 0 Å². The van der Waals surface area contributed by atoms with Gasteiger partial charge in [0.1, 0.15) is 0 Å². The Bertz CT molecular complexity index is 640. The zero-order valence-corrected chi connectivity index (χ0v) is 12.5. The molecule has 0 spiro atoms. The fourth-order valence-electron chi connectivity index (χ4n) is 2.17. The second-order valence-corrected chi connectivity index (χ2v) is 6.52. The first-order valence-electron chi connectivity index (χ1n) is 6.38. The highest BCUT2D eigenvalue weighted by Gasteiger charge is 2.35. The highest BCUT2D eigenvalue weighted by molar-refractivity contribution is 7.89. The average molecular weight is 315 g/mol. The van der Waals surface area contributed by atoms with E-state index in [0.29, 0.717) is 18.5 Å². The molecule has 0 aromatic heterocycles. The molecule has 0 amide bonds. The Hall–Kier alpha value is -1.71. The van der Waals surface area contributed by atoms with Crippen molar-refractivity contribution in [2.24, 2.45) is 0 Å². The number of sulfonamides is 1. The number of benzene rings is 1. The largest absolute Gasteiger partial charge is 0.388 e. The van der Waals surface area contributed by atoms with Gasteiger partial charge in [0.05, 0.1) is 11.0 Å². The summed E-state index contributed by atoms with van der Waals surface area (Å²) in [6.45, 7) is 0. The number of anilines is 1. The van der Waals surface area contributed by atoms with Crippen molar-refractivity contribution in [2.45, 2.75) is 29.9 Å². The number of rotatable bonds is 6. The molecule has 0 radical (unpaired) electrons. The van der Waals surface area contributed by atoms with Gasteiger partial charge in [-0.3, -0.25) is 10.1 Å². The first-order chi connectivity index (χ1) is 9.87. The monoisotopic (exact) mass is 315 g/mol. The number of nitrogens with one attached hydrogen (secondary N) is 2. The van der Waals surface area contributed by atoms with Crippen LogP contribution in [0.15, 0.2) is 23.1 Å². The molecule has 21 heavy (non-hydrogen) atoms. The van der Waals surface area contributed by atoms with Gasteiger partial charge in [-0.2, -0.15) is 0 Å². The number of hydrogen-bond donors (Lipinski definition) is 2. The molecule has 0 aliphatic heterocycles. The topological polar surface area (TPSA) is 111 Å². The highest BCUT2D eigenvalue weighted by Crippen LogP contribution is 2.29. The van der Waals surface area contributed by atoms with Crippen LogP contribution in [0.4, 0.5) is 11.4 Å². The molecule has 8 nitrogen and oxygen atoms in total. The van der Waals surface area contributed by atoms with Gasteiger partial charge in [-0.25, -0.2) is 13.1 Å². The molecule has 1 aliphatic rings. The van der Waals surface area contributed by atoms with E-state index in [1.54, 1.807) is 14.2 Å². The standard InChI is InChI=1S/C12H17N3O5S/c1-13-8-3-4-11(15(16)17)12(7-8)21(18,19)14-9-5-10(6-9)20-2/h3-4,7,9-10,13-14H,5-6H2,1-2H3. The van der Waals surface area contributed by atoms with Gasteiger partial charge in [-0.05, 0) is 25.0 Å². The zero-order valence-electron chi connectivity index (χ0n) is 11.7. The molecule has 0 atom stereocenters. The predicted octanol–water partition coefficient (Wildman–Crippen LogP) is 1.09. The number of nitrogens with zero attached hydrogens (tertiary/aromatic N) is 1. The van der Waals surface area contributed by atoms with Crippen LogP contribution in [0.3, 0.4) is 0 Å². The molecular formula is C12H17N3O5S. The van der Waals surface area contributed by atoms with Crippen LogP contribution >= 0.6 is 0 Å². The summed E-state index contributed by atoms with van der Waals surface area (Å²) in [5, 5.41) is 13.8. The van der Waals surface area contributed by atoms with E-state index in [9.17, 15) is 18.5 Å². The third-order valence-corrected chi connectivity index (χ3v) is 5.03. The number of nitro benzene ring substituents is 1. The number of hydrogen-bond acceptors (Lipinski definition) is 6. The van der Waals surface area contributed by atoms with Gasteiger partial charge in [0, 0.05) is 32.0 Å². The van der Waals surface area contributed by atoms with Crippen molar-refractivity contribution in [3.63, 3.8) is 0 Å². The van der Waals surface area contributed by atoms with Gasteiger partial charge in [0.15, 0.2) is 4.90 Å². The average Bonchev–Trinajstić information content (AvgIpc) is 2.41. The fourth-order valence-corrected chi connectivity index (χ4v) is 3.63. The van der Waals surface area contributed by atoms with Gasteiger partial charge >= 0.3 is 0 Å². The first-order valence-corrected chi connectivity index (χ1v) is 7.87. The summed E-state index contributed by atoms with van der Waals surface area (Å²) in [7, 11) is -0.770. The summed E-state index contributed by atoms with van der Waals surface area (Å²) in [5.74, 6) is 0. The number of methoxy groups -OCH3 is 1. The van der Waals surface area contributed by atoms with Crippen LogP contribution in [0.5, 0.6) is 0 Å². The molecule has 0 heterocycles. The van der Waals surface area contributed by atoms with Gasteiger partial charge in [0.25, 0.3) is 5.69 Å². The normalized spacial score (nSPS) is 21.6. The van der Waals surface area contributed by atoms with Gasteiger partial charge in [0.2, 0.25) is 10.0 Å². The van der Waals surface area contributed by atoms with E-state index < -0.39 is 20.6 Å². The second kappa shape index (κ2) is 5.96. The molecule has 1 aromatic rings. The fraction of sp³-hybridized carbons (Fsp3) is 0.500. The smallest absolute Gasteiger partial charge is 0.289 e. The van der Waals surface area contributed by atoms with Gasteiger partial charge in [-0.1, -0.05) is 0 Å². The Kier molecular flexibility index (Phi) is 4.45. The molecule has 1 aliphatic carbocycles. The van der Waals surface area contributed by atoms with Crippen LogP contribution in [0.25, 0.3) is 0 Å². The maximum atomic E-state index is 12.3. The lowest BCUT2D eigenvalue weighted by Crippen LogP contribution is -2.47. The van der Waals surface area contributed by atoms with Crippen molar-refractivity contribution >= 4 is 21.4 Å². The van der Waals surface area contributed by atoms with Crippen LogP contribution in [-0.4, -0.2) is 39.6 Å². The quantitative estimate of drug-likeness (QED) is 0.600. The molecule has 2 rings (SSSR count). The number of nitro groups is 1. The van der Waals surface area contributed by atoms with Crippen molar-refractivity contribution in [3.8, 4) is 0 Å². The molecule has 116 valence electrons. The summed E-state index contributed by atoms with van der Waals surface area (Å²) >= 11 is 0. The lowest BCUT2D eigenvalue weighted by atomic mass is 9.90. The molecule has 1 aromatic carbocycles. The van der Waals surface area contributed by atoms with Crippen LogP contribution in [0.1, 0.15) is 12.8 Å². The molecule has 0 unspecified atom stereocenters. The van der Waals surface area contributed by atoms with Crippen molar-refractivity contribution < 1.29 is 18.1 Å². The van der Waals surface area contributed by atoms with E-state index in [2.05, 4.69) is 10.0 Å². The lowest BCUT2D eigenvalue weighted by molar-refractivity contribution is -0.387. The Morgan fingerprint density at radius 1 is 1.38 bits per heavy atom. The summed E-state index contributed by atoms with van der Waals surface area (Å²) in [5.41, 5.74) is 0.0495. The predicted molar refractivity (Wildman–Crippen MR) is 76.8 cm³/mol. The second-order valence-electron chi connectivity index (χ2n) is 4.84.